The van der Waals surface area contributed by atoms with Crippen LogP contribution in [0.4, 0.5) is 0 Å². The fraction of sp³-hybridized carbons (Fsp3) is 0.500. The van der Waals surface area contributed by atoms with Crippen LogP contribution in [0.3, 0.4) is 0 Å². The van der Waals surface area contributed by atoms with Crippen molar-refractivity contribution in [1.82, 2.24) is 15.6 Å². The van der Waals surface area contributed by atoms with Crippen molar-refractivity contribution in [2.24, 2.45) is 0 Å². The number of amides is 2. The average Bonchev–Trinajstić information content (AvgIpc) is 2.73. The van der Waals surface area contributed by atoms with Crippen molar-refractivity contribution in [3.63, 3.8) is 0 Å². The summed E-state index contributed by atoms with van der Waals surface area (Å²) in [5.41, 5.74) is 1.98. The molecule has 0 radical (unpaired) electrons. The third-order valence-electron chi connectivity index (χ3n) is 2.51. The van der Waals surface area contributed by atoms with Gasteiger partial charge in [-0.3, -0.25) is 9.59 Å². The second kappa shape index (κ2) is 5.07. The minimum atomic E-state index is -0.420. The number of carbonyl (C=O) groups is 2. The van der Waals surface area contributed by atoms with Crippen molar-refractivity contribution in [1.29, 1.82) is 0 Å². The number of carbonyl (C=O) groups excluding carboxylic acids is 2. The Kier molecular flexibility index (Phi) is 3.51. The fourth-order valence-electron chi connectivity index (χ4n) is 1.63. The molecule has 2 heterocycles. The van der Waals surface area contributed by atoms with E-state index in [0.29, 0.717) is 18.7 Å². The molecule has 1 aliphatic rings. The lowest BCUT2D eigenvalue weighted by Gasteiger charge is -2.13. The van der Waals surface area contributed by atoms with Crippen LogP contribution in [0.1, 0.15) is 29.8 Å². The van der Waals surface area contributed by atoms with Gasteiger partial charge in [-0.1, -0.05) is 0 Å². The molecule has 1 saturated heterocycles. The Balaban J connectivity index is 1.97. The second-order valence-electron chi connectivity index (χ2n) is 3.69. The van der Waals surface area contributed by atoms with Crippen LogP contribution in [0.2, 0.25) is 0 Å². The molecule has 1 fully saturated rings. The van der Waals surface area contributed by atoms with E-state index in [1.807, 2.05) is 0 Å². The van der Waals surface area contributed by atoms with E-state index < -0.39 is 6.04 Å². The summed E-state index contributed by atoms with van der Waals surface area (Å²) in [4.78, 5) is 27.2. The van der Waals surface area contributed by atoms with Gasteiger partial charge in [-0.25, -0.2) is 4.98 Å². The molecule has 0 spiro atoms. The lowest BCUT2D eigenvalue weighted by atomic mass is 10.1. The maximum Gasteiger partial charge on any atom is 0.271 e. The molecular weight excluding hydrogens is 226 g/mol. The minimum absolute atomic E-state index is 0.0962. The van der Waals surface area contributed by atoms with E-state index in [0.717, 1.165) is 12.8 Å². The predicted octanol–water partition coefficient (Wildman–Crippen LogP) is 0.542. The normalized spacial score (nSPS) is 21.0. The summed E-state index contributed by atoms with van der Waals surface area (Å²) in [5, 5.41) is 7.15. The zero-order chi connectivity index (χ0) is 11.4. The monoisotopic (exact) mass is 239 g/mol. The van der Waals surface area contributed by atoms with Gasteiger partial charge >= 0.3 is 0 Å². The molecule has 1 atom stereocenters. The minimum Gasteiger partial charge on any atom is -0.354 e. The molecular formula is C10H13N3O2S. The van der Waals surface area contributed by atoms with Crippen LogP contribution in [0, 0.1) is 0 Å². The zero-order valence-electron chi connectivity index (χ0n) is 8.73. The van der Waals surface area contributed by atoms with Crippen LogP contribution >= 0.6 is 11.3 Å². The Morgan fingerprint density at radius 3 is 3.19 bits per heavy atom. The van der Waals surface area contributed by atoms with Crippen LogP contribution < -0.4 is 10.6 Å². The molecule has 6 heteroatoms. The molecule has 1 aliphatic heterocycles. The van der Waals surface area contributed by atoms with E-state index in [9.17, 15) is 9.59 Å². The summed E-state index contributed by atoms with van der Waals surface area (Å²) in [6.07, 6.45) is 2.61. The molecule has 0 aliphatic carbocycles. The largest absolute Gasteiger partial charge is 0.354 e. The summed E-state index contributed by atoms with van der Waals surface area (Å²) >= 11 is 1.36. The van der Waals surface area contributed by atoms with Crippen molar-refractivity contribution in [3.05, 3.63) is 16.6 Å². The molecule has 0 saturated carbocycles. The van der Waals surface area contributed by atoms with Gasteiger partial charge in [0.05, 0.1) is 5.51 Å². The van der Waals surface area contributed by atoms with Crippen LogP contribution in [-0.2, 0) is 4.79 Å². The van der Waals surface area contributed by atoms with Gasteiger partial charge in [0.15, 0.2) is 0 Å². The standard InChI is InChI=1S/C10H13N3O2S/c14-9-7(3-1-2-4-11-9)13-10(15)8-5-16-6-12-8/h5-7H,1-4H2,(H,11,14)(H,13,15). The third-order valence-corrected chi connectivity index (χ3v) is 3.09. The lowest BCUT2D eigenvalue weighted by molar-refractivity contribution is -0.122. The predicted molar refractivity (Wildman–Crippen MR) is 60.2 cm³/mol. The zero-order valence-corrected chi connectivity index (χ0v) is 9.55. The molecule has 1 aromatic rings. The lowest BCUT2D eigenvalue weighted by Crippen LogP contribution is -2.45. The highest BCUT2D eigenvalue weighted by Crippen LogP contribution is 2.07. The van der Waals surface area contributed by atoms with E-state index in [-0.39, 0.29) is 11.8 Å². The van der Waals surface area contributed by atoms with Crippen molar-refractivity contribution in [2.75, 3.05) is 6.54 Å². The van der Waals surface area contributed by atoms with E-state index in [2.05, 4.69) is 15.6 Å². The van der Waals surface area contributed by atoms with E-state index in [1.165, 1.54) is 11.3 Å². The summed E-state index contributed by atoms with van der Waals surface area (Å²) in [5.74, 6) is -0.371. The Labute approximate surface area is 97.3 Å². The fourth-order valence-corrected chi connectivity index (χ4v) is 2.17. The molecule has 2 amide bonds. The Bertz CT molecular complexity index is 377. The summed E-state index contributed by atoms with van der Waals surface area (Å²) in [6.45, 7) is 0.696. The van der Waals surface area contributed by atoms with Crippen LogP contribution in [0.5, 0.6) is 0 Å². The molecule has 86 valence electrons. The van der Waals surface area contributed by atoms with Gasteiger partial charge in [-0.2, -0.15) is 0 Å². The van der Waals surface area contributed by atoms with E-state index in [4.69, 9.17) is 0 Å². The second-order valence-corrected chi connectivity index (χ2v) is 4.41. The first kappa shape index (κ1) is 11.1. The highest BCUT2D eigenvalue weighted by atomic mass is 32.1. The SMILES string of the molecule is O=C(NC1CCCCNC1=O)c1cscn1. The van der Waals surface area contributed by atoms with Crippen molar-refractivity contribution in [3.8, 4) is 0 Å². The topological polar surface area (TPSA) is 71.1 Å². The van der Waals surface area contributed by atoms with Gasteiger partial charge < -0.3 is 10.6 Å². The van der Waals surface area contributed by atoms with Gasteiger partial charge in [-0.15, -0.1) is 11.3 Å². The Morgan fingerprint density at radius 1 is 1.56 bits per heavy atom. The number of thiazole rings is 1. The van der Waals surface area contributed by atoms with Gasteiger partial charge in [0.1, 0.15) is 11.7 Å². The number of hydrogen-bond donors (Lipinski definition) is 2. The van der Waals surface area contributed by atoms with E-state index >= 15 is 0 Å². The molecule has 2 N–H and O–H groups in total. The quantitative estimate of drug-likeness (QED) is 0.791. The number of rotatable bonds is 2. The van der Waals surface area contributed by atoms with Crippen LogP contribution in [0.25, 0.3) is 0 Å². The number of nitrogens with zero attached hydrogens (tertiary/aromatic N) is 1. The van der Waals surface area contributed by atoms with Crippen LogP contribution in [0.15, 0.2) is 10.9 Å². The average molecular weight is 239 g/mol. The first-order valence-electron chi connectivity index (χ1n) is 5.24. The molecule has 0 bridgehead atoms. The summed E-state index contributed by atoms with van der Waals surface area (Å²) in [7, 11) is 0. The first-order valence-corrected chi connectivity index (χ1v) is 6.18. The number of hydrogen-bond acceptors (Lipinski definition) is 4. The molecule has 16 heavy (non-hydrogen) atoms. The Hall–Kier alpha value is -1.43. The molecule has 0 aromatic carbocycles. The molecule has 5 nitrogen and oxygen atoms in total. The number of nitrogens with one attached hydrogen (secondary N) is 2. The molecule has 1 aromatic heterocycles. The highest BCUT2D eigenvalue weighted by Gasteiger charge is 2.23. The summed E-state index contributed by atoms with van der Waals surface area (Å²) < 4.78 is 0. The van der Waals surface area contributed by atoms with E-state index in [1.54, 1.807) is 10.9 Å². The maximum absolute atomic E-state index is 11.7. The molecule has 2 rings (SSSR count). The third kappa shape index (κ3) is 2.57. The van der Waals surface area contributed by atoms with Crippen molar-refractivity contribution >= 4 is 23.2 Å². The Morgan fingerprint density at radius 2 is 2.44 bits per heavy atom. The maximum atomic E-state index is 11.7. The van der Waals surface area contributed by atoms with Gasteiger partial charge in [-0.05, 0) is 19.3 Å². The van der Waals surface area contributed by atoms with Gasteiger partial charge in [0.2, 0.25) is 5.91 Å². The smallest absolute Gasteiger partial charge is 0.271 e. The van der Waals surface area contributed by atoms with Crippen molar-refractivity contribution in [2.45, 2.75) is 25.3 Å². The van der Waals surface area contributed by atoms with Gasteiger partial charge in [0, 0.05) is 11.9 Å². The summed E-state index contributed by atoms with van der Waals surface area (Å²) in [6, 6.07) is -0.420. The van der Waals surface area contributed by atoms with Crippen molar-refractivity contribution < 1.29 is 9.59 Å². The van der Waals surface area contributed by atoms with Crippen LogP contribution in [-0.4, -0.2) is 29.4 Å². The first-order chi connectivity index (χ1) is 7.77. The highest BCUT2D eigenvalue weighted by molar-refractivity contribution is 7.07. The number of aromatic nitrogens is 1. The molecule has 1 unspecified atom stereocenters. The van der Waals surface area contributed by atoms with Gasteiger partial charge in [0.25, 0.3) is 5.91 Å².